The second-order valence-electron chi connectivity index (χ2n) is 5.74. The molecule has 0 spiro atoms. The Hall–Kier alpha value is -2.86. The Morgan fingerprint density at radius 2 is 1.88 bits per heavy atom. The zero-order chi connectivity index (χ0) is 18.7. The van der Waals surface area contributed by atoms with Crippen molar-refractivity contribution < 1.29 is 19.1 Å². The van der Waals surface area contributed by atoms with Crippen LogP contribution in [0.5, 0.6) is 5.75 Å². The second kappa shape index (κ2) is 7.58. The highest BCUT2D eigenvalue weighted by Gasteiger charge is 2.35. The lowest BCUT2D eigenvalue weighted by molar-refractivity contribution is -0.123. The zero-order valence-corrected chi connectivity index (χ0v) is 14.6. The van der Waals surface area contributed by atoms with Gasteiger partial charge < -0.3 is 5.11 Å². The van der Waals surface area contributed by atoms with Crippen LogP contribution in [0.25, 0.3) is 6.08 Å². The maximum atomic E-state index is 13.0. The molecule has 26 heavy (non-hydrogen) atoms. The van der Waals surface area contributed by atoms with Gasteiger partial charge in [0.15, 0.2) is 0 Å². The fraction of sp³-hybridized carbons (Fsp3) is 0.100. The lowest BCUT2D eigenvalue weighted by Crippen LogP contribution is -2.27. The van der Waals surface area contributed by atoms with E-state index >= 15 is 0 Å². The van der Waals surface area contributed by atoms with E-state index < -0.39 is 11.1 Å². The third-order valence-corrected chi connectivity index (χ3v) is 4.84. The fourth-order valence-electron chi connectivity index (χ4n) is 2.60. The van der Waals surface area contributed by atoms with E-state index in [9.17, 15) is 19.1 Å². The van der Waals surface area contributed by atoms with Gasteiger partial charge in [-0.2, -0.15) is 0 Å². The van der Waals surface area contributed by atoms with Crippen molar-refractivity contribution in [3.8, 4) is 5.75 Å². The van der Waals surface area contributed by atoms with E-state index in [4.69, 9.17) is 0 Å². The lowest BCUT2D eigenvalue weighted by atomic mass is 10.1. The molecule has 1 N–H and O–H groups in total. The summed E-state index contributed by atoms with van der Waals surface area (Å²) >= 11 is 0.820. The summed E-state index contributed by atoms with van der Waals surface area (Å²) < 4.78 is 13.0. The van der Waals surface area contributed by atoms with Crippen LogP contribution >= 0.6 is 11.8 Å². The fourth-order valence-corrected chi connectivity index (χ4v) is 3.43. The molecule has 0 radical (unpaired) electrons. The smallest absolute Gasteiger partial charge is 0.293 e. The highest BCUT2D eigenvalue weighted by atomic mass is 32.2. The summed E-state index contributed by atoms with van der Waals surface area (Å²) in [6.45, 7) is 3.72. The first-order valence-electron chi connectivity index (χ1n) is 7.91. The molecule has 132 valence electrons. The number of rotatable bonds is 5. The van der Waals surface area contributed by atoms with E-state index in [0.29, 0.717) is 23.1 Å². The summed E-state index contributed by atoms with van der Waals surface area (Å²) in [5.74, 6) is -0.742. The maximum absolute atomic E-state index is 13.0. The molecule has 0 saturated carbocycles. The number of para-hydroxylation sites is 1. The van der Waals surface area contributed by atoms with E-state index in [1.54, 1.807) is 24.3 Å². The molecule has 0 aliphatic carbocycles. The third-order valence-electron chi connectivity index (χ3n) is 3.93. The number of carbonyl (C=O) groups is 2. The van der Waals surface area contributed by atoms with Crippen LogP contribution < -0.4 is 0 Å². The Kier molecular flexibility index (Phi) is 5.23. The average Bonchev–Trinajstić information content (AvgIpc) is 2.88. The van der Waals surface area contributed by atoms with Crippen LogP contribution in [0.4, 0.5) is 9.18 Å². The Balaban J connectivity index is 1.84. The molecule has 1 heterocycles. The van der Waals surface area contributed by atoms with Gasteiger partial charge >= 0.3 is 0 Å². The number of hydrogen-bond acceptors (Lipinski definition) is 4. The Bertz CT molecular complexity index is 906. The zero-order valence-electron chi connectivity index (χ0n) is 13.8. The predicted molar refractivity (Wildman–Crippen MR) is 99.9 cm³/mol. The van der Waals surface area contributed by atoms with Crippen LogP contribution in [0.2, 0.25) is 0 Å². The number of nitrogens with zero attached hydrogens (tertiary/aromatic N) is 1. The number of halogens is 1. The average molecular weight is 369 g/mol. The van der Waals surface area contributed by atoms with Crippen molar-refractivity contribution in [1.82, 2.24) is 4.90 Å². The molecule has 1 aliphatic heterocycles. The molecule has 0 bridgehead atoms. The minimum Gasteiger partial charge on any atom is -0.507 e. The molecular formula is C20H16FNO3S. The number of allylic oxidation sites excluding steroid dienone is 1. The molecular weight excluding hydrogens is 353 g/mol. The molecule has 0 unspecified atom stereocenters. The van der Waals surface area contributed by atoms with E-state index in [2.05, 4.69) is 6.58 Å². The molecule has 2 aromatic rings. The van der Waals surface area contributed by atoms with Gasteiger partial charge in [0.25, 0.3) is 11.1 Å². The number of amides is 2. The number of aromatic hydroxyl groups is 1. The van der Waals surface area contributed by atoms with E-state index in [0.717, 1.165) is 16.7 Å². The Morgan fingerprint density at radius 3 is 2.58 bits per heavy atom. The van der Waals surface area contributed by atoms with Crippen molar-refractivity contribution in [1.29, 1.82) is 0 Å². The quantitative estimate of drug-likeness (QED) is 0.623. The summed E-state index contributed by atoms with van der Waals surface area (Å²) in [5, 5.41) is 9.92. The number of benzene rings is 2. The largest absolute Gasteiger partial charge is 0.507 e. The monoisotopic (exact) mass is 369 g/mol. The predicted octanol–water partition coefficient (Wildman–Crippen LogP) is 4.50. The minimum atomic E-state index is -0.433. The van der Waals surface area contributed by atoms with E-state index in [1.165, 1.54) is 30.3 Å². The van der Waals surface area contributed by atoms with Gasteiger partial charge in [-0.1, -0.05) is 36.4 Å². The molecule has 1 aliphatic rings. The van der Waals surface area contributed by atoms with Crippen LogP contribution in [-0.2, 0) is 17.8 Å². The molecule has 4 nitrogen and oxygen atoms in total. The van der Waals surface area contributed by atoms with Gasteiger partial charge in [0.1, 0.15) is 11.6 Å². The van der Waals surface area contributed by atoms with Gasteiger partial charge in [-0.3, -0.25) is 14.5 Å². The summed E-state index contributed by atoms with van der Waals surface area (Å²) in [4.78, 5) is 26.1. The van der Waals surface area contributed by atoms with Gasteiger partial charge in [-0.05, 0) is 47.5 Å². The third kappa shape index (κ3) is 3.70. The lowest BCUT2D eigenvalue weighted by Gasteiger charge is -2.12. The topological polar surface area (TPSA) is 57.6 Å². The van der Waals surface area contributed by atoms with Crippen molar-refractivity contribution in [3.63, 3.8) is 0 Å². The highest BCUT2D eigenvalue weighted by Crippen LogP contribution is 2.35. The number of hydrogen-bond donors (Lipinski definition) is 1. The van der Waals surface area contributed by atoms with Crippen LogP contribution in [0.3, 0.4) is 0 Å². The van der Waals surface area contributed by atoms with Crippen LogP contribution in [0, 0.1) is 5.82 Å². The number of phenolic OH excluding ortho intramolecular Hbond substituents is 1. The van der Waals surface area contributed by atoms with E-state index in [1.807, 2.05) is 0 Å². The van der Waals surface area contributed by atoms with Crippen molar-refractivity contribution in [2.45, 2.75) is 13.0 Å². The number of imide groups is 1. The number of thioether (sulfide) groups is 1. The molecule has 6 heteroatoms. The molecule has 1 saturated heterocycles. The van der Waals surface area contributed by atoms with Gasteiger partial charge in [0.05, 0.1) is 11.4 Å². The summed E-state index contributed by atoms with van der Waals surface area (Å²) in [5.41, 5.74) is 1.82. The maximum Gasteiger partial charge on any atom is 0.293 e. The van der Waals surface area contributed by atoms with Gasteiger partial charge in [0.2, 0.25) is 0 Å². The SMILES string of the molecule is C=CCc1cccc(C=C2SC(=O)N(Cc3ccc(F)cc3)C2=O)c1O. The summed E-state index contributed by atoms with van der Waals surface area (Å²) in [6, 6.07) is 10.9. The molecule has 3 rings (SSSR count). The van der Waals surface area contributed by atoms with Crippen LogP contribution in [-0.4, -0.2) is 21.2 Å². The van der Waals surface area contributed by atoms with Crippen molar-refractivity contribution in [3.05, 3.63) is 82.5 Å². The second-order valence-corrected chi connectivity index (χ2v) is 6.74. The van der Waals surface area contributed by atoms with Gasteiger partial charge in [-0.25, -0.2) is 4.39 Å². The molecule has 0 atom stereocenters. The standard InChI is InChI=1S/C20H16FNO3S/c1-2-4-14-5-3-6-15(18(14)23)11-17-19(24)22(20(25)26-17)12-13-7-9-16(21)10-8-13/h2-3,5-11,23H,1,4,12H2. The van der Waals surface area contributed by atoms with Crippen molar-refractivity contribution in [2.24, 2.45) is 0 Å². The highest BCUT2D eigenvalue weighted by molar-refractivity contribution is 8.18. The van der Waals surface area contributed by atoms with Crippen molar-refractivity contribution >= 4 is 29.0 Å². The molecule has 0 aromatic heterocycles. The van der Waals surface area contributed by atoms with E-state index in [-0.39, 0.29) is 23.0 Å². The van der Waals surface area contributed by atoms with Crippen LogP contribution in [0.1, 0.15) is 16.7 Å². The Labute approximate surface area is 154 Å². The first kappa shape index (κ1) is 17.9. The molecule has 2 aromatic carbocycles. The number of phenols is 1. The van der Waals surface area contributed by atoms with Crippen LogP contribution in [0.15, 0.2) is 60.0 Å². The number of carbonyl (C=O) groups excluding carboxylic acids is 2. The molecule has 1 fully saturated rings. The van der Waals surface area contributed by atoms with Gasteiger partial charge in [0, 0.05) is 5.56 Å². The first-order chi connectivity index (χ1) is 12.5. The minimum absolute atomic E-state index is 0.0673. The summed E-state index contributed by atoms with van der Waals surface area (Å²) in [6.07, 6.45) is 3.69. The molecule has 2 amide bonds. The first-order valence-corrected chi connectivity index (χ1v) is 8.73. The summed E-state index contributed by atoms with van der Waals surface area (Å²) in [7, 11) is 0. The Morgan fingerprint density at radius 1 is 1.15 bits per heavy atom. The normalized spacial score (nSPS) is 15.7. The van der Waals surface area contributed by atoms with Crippen molar-refractivity contribution in [2.75, 3.05) is 0 Å². The van der Waals surface area contributed by atoms with Gasteiger partial charge in [-0.15, -0.1) is 6.58 Å².